The number of aliphatic hydroxyl groups excluding tert-OH is 1. The van der Waals surface area contributed by atoms with E-state index in [1.54, 1.807) is 7.11 Å². The number of benzene rings is 1. The summed E-state index contributed by atoms with van der Waals surface area (Å²) < 4.78 is 6.31. The molecule has 1 atom stereocenters. The Morgan fingerprint density at radius 2 is 2.21 bits per heavy atom. The second-order valence-electron chi connectivity index (χ2n) is 3.30. The highest BCUT2D eigenvalue weighted by Crippen LogP contribution is 2.31. The summed E-state index contributed by atoms with van der Waals surface area (Å²) in [6, 6.07) is 5.93. The van der Waals surface area contributed by atoms with Gasteiger partial charge in [0.25, 0.3) is 0 Å². The first-order chi connectivity index (χ1) is 6.69. The molecule has 1 unspecified atom stereocenters. The van der Waals surface area contributed by atoms with Crippen molar-refractivity contribution in [2.24, 2.45) is 0 Å². The second-order valence-corrected chi connectivity index (χ2v) is 4.22. The highest BCUT2D eigenvalue weighted by Gasteiger charge is 2.11. The summed E-state index contributed by atoms with van der Waals surface area (Å²) in [5, 5.41) is 8.88. The molecule has 1 aromatic carbocycles. The number of halogens is 1. The number of hydrogen-bond acceptors (Lipinski definition) is 2. The zero-order valence-corrected chi connectivity index (χ0v) is 10.0. The van der Waals surface area contributed by atoms with Crippen molar-refractivity contribution in [2.45, 2.75) is 19.3 Å². The van der Waals surface area contributed by atoms with Gasteiger partial charge in [0.05, 0.1) is 7.11 Å². The standard InChI is InChI=1S/C11H15BrO2/c1-8(5-6-13)10-7-9(12)3-4-11(10)14-2/h3-4,7-8,13H,5-6H2,1-2H3. The molecule has 78 valence electrons. The van der Waals surface area contributed by atoms with Crippen molar-refractivity contribution in [3.63, 3.8) is 0 Å². The molecule has 0 fully saturated rings. The van der Waals surface area contributed by atoms with Crippen LogP contribution in [0.4, 0.5) is 0 Å². The summed E-state index contributed by atoms with van der Waals surface area (Å²) in [6.07, 6.45) is 0.757. The average molecular weight is 259 g/mol. The van der Waals surface area contributed by atoms with Gasteiger partial charge in [-0.15, -0.1) is 0 Å². The van der Waals surface area contributed by atoms with Crippen molar-refractivity contribution in [2.75, 3.05) is 13.7 Å². The van der Waals surface area contributed by atoms with E-state index in [9.17, 15) is 0 Å². The van der Waals surface area contributed by atoms with E-state index in [2.05, 4.69) is 22.9 Å². The van der Waals surface area contributed by atoms with Crippen molar-refractivity contribution in [3.05, 3.63) is 28.2 Å². The number of ether oxygens (including phenoxy) is 1. The maximum absolute atomic E-state index is 8.88. The van der Waals surface area contributed by atoms with E-state index in [4.69, 9.17) is 9.84 Å². The third-order valence-corrected chi connectivity index (χ3v) is 2.78. The van der Waals surface area contributed by atoms with Gasteiger partial charge >= 0.3 is 0 Å². The van der Waals surface area contributed by atoms with E-state index >= 15 is 0 Å². The van der Waals surface area contributed by atoms with Crippen LogP contribution in [0.1, 0.15) is 24.8 Å². The van der Waals surface area contributed by atoms with Gasteiger partial charge in [0.15, 0.2) is 0 Å². The van der Waals surface area contributed by atoms with Crippen LogP contribution in [0.2, 0.25) is 0 Å². The Bertz CT molecular complexity index is 299. The van der Waals surface area contributed by atoms with Gasteiger partial charge in [0.2, 0.25) is 0 Å². The van der Waals surface area contributed by atoms with Crippen molar-refractivity contribution in [1.29, 1.82) is 0 Å². The molecule has 0 spiro atoms. The van der Waals surface area contributed by atoms with E-state index < -0.39 is 0 Å². The van der Waals surface area contributed by atoms with E-state index in [0.717, 1.165) is 22.2 Å². The zero-order chi connectivity index (χ0) is 10.6. The fourth-order valence-electron chi connectivity index (χ4n) is 1.44. The molecular weight excluding hydrogens is 244 g/mol. The van der Waals surface area contributed by atoms with Crippen LogP contribution in [-0.2, 0) is 0 Å². The highest BCUT2D eigenvalue weighted by molar-refractivity contribution is 9.10. The van der Waals surface area contributed by atoms with E-state index in [0.29, 0.717) is 5.92 Å². The third kappa shape index (κ3) is 2.72. The summed E-state index contributed by atoms with van der Waals surface area (Å²) in [5.41, 5.74) is 1.14. The molecule has 0 aliphatic heterocycles. The Labute approximate surface area is 93.0 Å². The first-order valence-corrected chi connectivity index (χ1v) is 5.42. The Morgan fingerprint density at radius 1 is 1.50 bits per heavy atom. The molecule has 0 heterocycles. The van der Waals surface area contributed by atoms with Crippen LogP contribution in [0.25, 0.3) is 0 Å². The van der Waals surface area contributed by atoms with Crippen molar-refractivity contribution in [1.82, 2.24) is 0 Å². The van der Waals surface area contributed by atoms with Gasteiger partial charge in [-0.2, -0.15) is 0 Å². The number of rotatable bonds is 4. The third-order valence-electron chi connectivity index (χ3n) is 2.28. The lowest BCUT2D eigenvalue weighted by Crippen LogP contribution is -2.00. The molecule has 0 saturated carbocycles. The summed E-state index contributed by atoms with van der Waals surface area (Å²) in [5.74, 6) is 1.20. The van der Waals surface area contributed by atoms with Crippen LogP contribution in [0.5, 0.6) is 5.75 Å². The topological polar surface area (TPSA) is 29.5 Å². The molecule has 0 saturated heterocycles. The molecule has 3 heteroatoms. The van der Waals surface area contributed by atoms with Gasteiger partial charge in [-0.25, -0.2) is 0 Å². The minimum atomic E-state index is 0.205. The molecule has 0 amide bonds. The van der Waals surface area contributed by atoms with E-state index in [1.807, 2.05) is 18.2 Å². The number of methoxy groups -OCH3 is 1. The van der Waals surface area contributed by atoms with Crippen LogP contribution in [0.15, 0.2) is 22.7 Å². The maximum Gasteiger partial charge on any atom is 0.122 e. The Balaban J connectivity index is 2.97. The SMILES string of the molecule is COc1ccc(Br)cc1C(C)CCO. The fraction of sp³-hybridized carbons (Fsp3) is 0.455. The summed E-state index contributed by atoms with van der Waals surface area (Å²) >= 11 is 3.43. The van der Waals surface area contributed by atoms with Crippen LogP contribution in [0.3, 0.4) is 0 Å². The van der Waals surface area contributed by atoms with E-state index in [-0.39, 0.29) is 6.61 Å². The first kappa shape index (κ1) is 11.5. The minimum absolute atomic E-state index is 0.205. The predicted octanol–water partition coefficient (Wildman–Crippen LogP) is 2.94. The van der Waals surface area contributed by atoms with Crippen LogP contribution in [-0.4, -0.2) is 18.8 Å². The fourth-order valence-corrected chi connectivity index (χ4v) is 1.82. The maximum atomic E-state index is 8.88. The molecule has 0 aliphatic carbocycles. The van der Waals surface area contributed by atoms with Gasteiger partial charge in [-0.3, -0.25) is 0 Å². The molecule has 2 nitrogen and oxygen atoms in total. The van der Waals surface area contributed by atoms with Gasteiger partial charge in [0.1, 0.15) is 5.75 Å². The zero-order valence-electron chi connectivity index (χ0n) is 8.46. The number of aliphatic hydroxyl groups is 1. The van der Waals surface area contributed by atoms with E-state index in [1.165, 1.54) is 0 Å². The first-order valence-electron chi connectivity index (χ1n) is 4.63. The normalized spacial score (nSPS) is 12.6. The van der Waals surface area contributed by atoms with Crippen LogP contribution >= 0.6 is 15.9 Å². The van der Waals surface area contributed by atoms with Crippen molar-refractivity contribution >= 4 is 15.9 Å². The lowest BCUT2D eigenvalue weighted by Gasteiger charge is -2.14. The molecule has 0 radical (unpaired) electrons. The molecule has 0 aliphatic rings. The summed E-state index contributed by atoms with van der Waals surface area (Å²) in [4.78, 5) is 0. The molecular formula is C11H15BrO2. The molecule has 0 bridgehead atoms. The molecule has 1 rings (SSSR count). The quantitative estimate of drug-likeness (QED) is 0.900. The van der Waals surface area contributed by atoms with Crippen LogP contribution in [0, 0.1) is 0 Å². The Kier molecular flexibility index (Phi) is 4.42. The largest absolute Gasteiger partial charge is 0.496 e. The number of hydrogen-bond donors (Lipinski definition) is 1. The Morgan fingerprint density at radius 3 is 2.79 bits per heavy atom. The lowest BCUT2D eigenvalue weighted by atomic mass is 9.97. The van der Waals surface area contributed by atoms with Gasteiger partial charge in [-0.05, 0) is 36.1 Å². The van der Waals surface area contributed by atoms with Gasteiger partial charge < -0.3 is 9.84 Å². The molecule has 1 aromatic rings. The van der Waals surface area contributed by atoms with Gasteiger partial charge in [0, 0.05) is 11.1 Å². The summed E-state index contributed by atoms with van der Waals surface area (Å²) in [7, 11) is 1.67. The van der Waals surface area contributed by atoms with Gasteiger partial charge in [-0.1, -0.05) is 22.9 Å². The summed E-state index contributed by atoms with van der Waals surface area (Å²) in [6.45, 7) is 2.29. The second kappa shape index (κ2) is 5.37. The predicted molar refractivity (Wildman–Crippen MR) is 60.8 cm³/mol. The minimum Gasteiger partial charge on any atom is -0.496 e. The average Bonchev–Trinajstić information content (AvgIpc) is 2.18. The monoisotopic (exact) mass is 258 g/mol. The smallest absolute Gasteiger partial charge is 0.122 e. The Hall–Kier alpha value is -0.540. The van der Waals surface area contributed by atoms with Crippen LogP contribution < -0.4 is 4.74 Å². The van der Waals surface area contributed by atoms with Crippen molar-refractivity contribution < 1.29 is 9.84 Å². The molecule has 0 aromatic heterocycles. The molecule has 14 heavy (non-hydrogen) atoms. The highest BCUT2D eigenvalue weighted by atomic mass is 79.9. The van der Waals surface area contributed by atoms with Crippen molar-refractivity contribution in [3.8, 4) is 5.75 Å². The lowest BCUT2D eigenvalue weighted by molar-refractivity contribution is 0.277. The molecule has 1 N–H and O–H groups in total.